The molecule has 6 heteroatoms. The number of benzene rings is 1. The number of carbonyl (C=O) groups excluding carboxylic acids is 1. The molecule has 1 aliphatic heterocycles. The third-order valence-corrected chi connectivity index (χ3v) is 4.35. The molecule has 0 aliphatic carbocycles. The van der Waals surface area contributed by atoms with Gasteiger partial charge in [0.25, 0.3) is 5.91 Å². The van der Waals surface area contributed by atoms with Gasteiger partial charge in [0, 0.05) is 0 Å². The number of amides is 1. The van der Waals surface area contributed by atoms with Gasteiger partial charge in [-0.3, -0.25) is 10.1 Å². The van der Waals surface area contributed by atoms with Gasteiger partial charge in [0.05, 0.1) is 21.8 Å². The minimum absolute atomic E-state index is 0.148. The van der Waals surface area contributed by atoms with Crippen molar-refractivity contribution in [3.63, 3.8) is 0 Å². The van der Waals surface area contributed by atoms with E-state index in [9.17, 15) is 4.79 Å². The van der Waals surface area contributed by atoms with Gasteiger partial charge in [-0.25, -0.2) is 9.98 Å². The monoisotopic (exact) mass is 328 g/mol. The number of nitrogens with one attached hydrogen (secondary N) is 2. The van der Waals surface area contributed by atoms with E-state index in [1.54, 1.807) is 11.3 Å². The summed E-state index contributed by atoms with van der Waals surface area (Å²) in [5, 5.41) is 5.86. The van der Waals surface area contributed by atoms with E-state index >= 15 is 0 Å². The largest absolute Gasteiger partial charge is 0.321 e. The summed E-state index contributed by atoms with van der Waals surface area (Å²) < 4.78 is 1.11. The zero-order valence-electron chi connectivity index (χ0n) is 13.5. The van der Waals surface area contributed by atoms with E-state index < -0.39 is 0 Å². The van der Waals surface area contributed by atoms with Crippen LogP contribution in [0.3, 0.4) is 0 Å². The quantitative estimate of drug-likeness (QED) is 0.847. The summed E-state index contributed by atoms with van der Waals surface area (Å²) in [7, 11) is 0. The second-order valence-corrected chi connectivity index (χ2v) is 7.06. The van der Waals surface area contributed by atoms with E-state index in [-0.39, 0.29) is 11.9 Å². The molecular weight excluding hydrogens is 308 g/mol. The van der Waals surface area contributed by atoms with Crippen molar-refractivity contribution in [2.24, 2.45) is 10.9 Å². The van der Waals surface area contributed by atoms with Crippen molar-refractivity contribution in [1.82, 2.24) is 15.6 Å². The molecule has 23 heavy (non-hydrogen) atoms. The van der Waals surface area contributed by atoms with E-state index in [1.165, 1.54) is 0 Å². The minimum Gasteiger partial charge on any atom is -0.321 e. The van der Waals surface area contributed by atoms with Crippen molar-refractivity contribution in [2.45, 2.75) is 33.2 Å². The molecule has 2 heterocycles. The topological polar surface area (TPSA) is 66.4 Å². The van der Waals surface area contributed by atoms with Crippen molar-refractivity contribution in [2.75, 3.05) is 0 Å². The molecule has 0 spiro atoms. The van der Waals surface area contributed by atoms with Gasteiger partial charge in [0.1, 0.15) is 5.70 Å². The van der Waals surface area contributed by atoms with Gasteiger partial charge >= 0.3 is 0 Å². The highest BCUT2D eigenvalue weighted by Gasteiger charge is 2.22. The van der Waals surface area contributed by atoms with Crippen molar-refractivity contribution < 1.29 is 4.79 Å². The van der Waals surface area contributed by atoms with Crippen molar-refractivity contribution in [3.05, 3.63) is 35.0 Å². The molecule has 1 fully saturated rings. The third kappa shape index (κ3) is 3.76. The molecule has 1 amide bonds. The lowest BCUT2D eigenvalue weighted by Gasteiger charge is -2.09. The molecule has 0 bridgehead atoms. The van der Waals surface area contributed by atoms with Gasteiger partial charge in [0.2, 0.25) is 5.96 Å². The Morgan fingerprint density at radius 1 is 1.30 bits per heavy atom. The summed E-state index contributed by atoms with van der Waals surface area (Å²) >= 11 is 1.59. The molecule has 1 saturated heterocycles. The van der Waals surface area contributed by atoms with Crippen LogP contribution in [0.1, 0.15) is 32.8 Å². The number of fused-ring (bicyclic) bond motifs is 1. The zero-order valence-corrected chi connectivity index (χ0v) is 14.3. The third-order valence-electron chi connectivity index (χ3n) is 3.56. The average Bonchev–Trinajstić information content (AvgIpc) is 3.04. The highest BCUT2D eigenvalue weighted by molar-refractivity contribution is 7.16. The van der Waals surface area contributed by atoms with E-state index in [0.717, 1.165) is 22.2 Å². The number of hydrogen-bond acceptors (Lipinski definition) is 4. The molecule has 3 rings (SSSR count). The SMILES string of the molecule is CC(C)C[C@H](C)N=C1NC(=O)/C(=C/c2ccc3ncsc3c2)N1. The van der Waals surface area contributed by atoms with Crippen LogP contribution in [-0.4, -0.2) is 22.9 Å². The zero-order chi connectivity index (χ0) is 16.4. The molecule has 1 aromatic heterocycles. The lowest BCUT2D eigenvalue weighted by atomic mass is 10.1. The molecule has 2 N–H and O–H groups in total. The normalized spacial score (nSPS) is 19.6. The number of aromatic nitrogens is 1. The fraction of sp³-hybridized carbons (Fsp3) is 0.353. The second kappa shape index (κ2) is 6.50. The van der Waals surface area contributed by atoms with E-state index in [2.05, 4.69) is 41.4 Å². The van der Waals surface area contributed by atoms with Crippen LogP contribution in [0.25, 0.3) is 16.3 Å². The van der Waals surface area contributed by atoms with Crippen molar-refractivity contribution in [1.29, 1.82) is 0 Å². The Bertz CT molecular complexity index is 791. The fourth-order valence-corrected chi connectivity index (χ4v) is 3.37. The Hall–Kier alpha value is -2.21. The van der Waals surface area contributed by atoms with Gasteiger partial charge in [-0.1, -0.05) is 19.9 Å². The first-order valence-electron chi connectivity index (χ1n) is 7.72. The number of guanidine groups is 1. The van der Waals surface area contributed by atoms with Crippen LogP contribution in [0.4, 0.5) is 0 Å². The molecule has 2 aromatic rings. The highest BCUT2D eigenvalue weighted by atomic mass is 32.1. The number of aliphatic imine (C=N–C) groups is 1. The first-order chi connectivity index (χ1) is 11.0. The number of thiazole rings is 1. The Kier molecular flexibility index (Phi) is 4.43. The number of carbonyl (C=O) groups is 1. The molecule has 0 radical (unpaired) electrons. The lowest BCUT2D eigenvalue weighted by molar-refractivity contribution is -0.115. The fourth-order valence-electron chi connectivity index (χ4n) is 2.64. The van der Waals surface area contributed by atoms with E-state index in [1.807, 2.05) is 29.8 Å². The summed E-state index contributed by atoms with van der Waals surface area (Å²) in [5.41, 5.74) is 4.29. The van der Waals surface area contributed by atoms with E-state index in [0.29, 0.717) is 17.6 Å². The summed E-state index contributed by atoms with van der Waals surface area (Å²) in [6.45, 7) is 6.39. The smallest absolute Gasteiger partial charge is 0.274 e. The highest BCUT2D eigenvalue weighted by Crippen LogP contribution is 2.20. The Morgan fingerprint density at radius 2 is 2.13 bits per heavy atom. The summed E-state index contributed by atoms with van der Waals surface area (Å²) in [6.07, 6.45) is 2.83. The summed E-state index contributed by atoms with van der Waals surface area (Å²) in [4.78, 5) is 20.9. The average molecular weight is 328 g/mol. The standard InChI is InChI=1S/C17H20N4OS/c1-10(2)6-11(3)19-17-20-14(16(22)21-17)7-12-4-5-13-15(8-12)23-9-18-13/h4-5,7-11H,6H2,1-3H3,(H2,19,20,21,22)/b14-7-/t11-/m0/s1. The molecule has 1 aromatic carbocycles. The summed E-state index contributed by atoms with van der Waals surface area (Å²) in [5.74, 6) is 0.964. The molecule has 5 nitrogen and oxygen atoms in total. The molecule has 0 unspecified atom stereocenters. The first kappa shape index (κ1) is 15.7. The molecule has 1 atom stereocenters. The second-order valence-electron chi connectivity index (χ2n) is 6.17. The number of rotatable bonds is 4. The van der Waals surface area contributed by atoms with Gasteiger partial charge in [-0.05, 0) is 43.0 Å². The first-order valence-corrected chi connectivity index (χ1v) is 8.60. The van der Waals surface area contributed by atoms with Gasteiger partial charge < -0.3 is 5.32 Å². The Labute approximate surface area is 139 Å². The molecular formula is C17H20N4OS. The van der Waals surface area contributed by atoms with Crippen molar-refractivity contribution in [3.8, 4) is 0 Å². The van der Waals surface area contributed by atoms with Gasteiger partial charge in [0.15, 0.2) is 0 Å². The Balaban J connectivity index is 1.77. The van der Waals surface area contributed by atoms with Crippen LogP contribution in [0.15, 0.2) is 34.4 Å². The van der Waals surface area contributed by atoms with Gasteiger partial charge in [-0.15, -0.1) is 11.3 Å². The van der Waals surface area contributed by atoms with Crippen LogP contribution in [0.5, 0.6) is 0 Å². The van der Waals surface area contributed by atoms with Gasteiger partial charge in [-0.2, -0.15) is 0 Å². The van der Waals surface area contributed by atoms with E-state index in [4.69, 9.17) is 0 Å². The molecule has 1 aliphatic rings. The molecule has 120 valence electrons. The molecule has 0 saturated carbocycles. The predicted octanol–water partition coefficient (Wildman–Crippen LogP) is 3.15. The maximum absolute atomic E-state index is 12.1. The van der Waals surface area contributed by atoms with Crippen molar-refractivity contribution >= 4 is 39.5 Å². The maximum Gasteiger partial charge on any atom is 0.274 e. The minimum atomic E-state index is -0.148. The number of nitrogens with zero attached hydrogens (tertiary/aromatic N) is 2. The maximum atomic E-state index is 12.1. The predicted molar refractivity (Wildman–Crippen MR) is 95.2 cm³/mol. The van der Waals surface area contributed by atoms with Crippen LogP contribution in [0.2, 0.25) is 0 Å². The van der Waals surface area contributed by atoms with Crippen LogP contribution >= 0.6 is 11.3 Å². The number of hydrogen-bond donors (Lipinski definition) is 2. The van der Waals surface area contributed by atoms with Crippen LogP contribution < -0.4 is 10.6 Å². The van der Waals surface area contributed by atoms with Crippen LogP contribution in [-0.2, 0) is 4.79 Å². The Morgan fingerprint density at radius 3 is 2.91 bits per heavy atom. The lowest BCUT2D eigenvalue weighted by Crippen LogP contribution is -2.27. The summed E-state index contributed by atoms with van der Waals surface area (Å²) in [6, 6.07) is 6.13. The van der Waals surface area contributed by atoms with Crippen LogP contribution in [0, 0.1) is 5.92 Å².